The number of carbonyl (C=O) groups is 2. The Morgan fingerprint density at radius 3 is 2.28 bits per heavy atom. The van der Waals surface area contributed by atoms with Crippen LogP contribution in [0.15, 0.2) is 48.5 Å². The number of hydrogen-bond acceptors (Lipinski definition) is 4. The number of likely N-dealkylation sites (tertiary alicyclic amines) is 1. The number of benzene rings is 2. The summed E-state index contributed by atoms with van der Waals surface area (Å²) in [6, 6.07) is 14.2. The molecular weight excluding hydrogens is 469 g/mol. The Morgan fingerprint density at radius 2 is 1.67 bits per heavy atom. The fraction of sp³-hybridized carbons (Fsp3) is 0.481. The lowest BCUT2D eigenvalue weighted by atomic mass is 9.80. The second-order valence-electron chi connectivity index (χ2n) is 9.94. The summed E-state index contributed by atoms with van der Waals surface area (Å²) in [6.45, 7) is 1.26. The first kappa shape index (κ1) is 26.0. The van der Waals surface area contributed by atoms with Crippen LogP contribution in [0, 0.1) is 0 Å². The van der Waals surface area contributed by atoms with Gasteiger partial charge < -0.3 is 15.5 Å². The quantitative estimate of drug-likeness (QED) is 0.600. The maximum absolute atomic E-state index is 13.1. The van der Waals surface area contributed by atoms with E-state index in [0.29, 0.717) is 17.6 Å². The molecule has 1 heterocycles. The van der Waals surface area contributed by atoms with Gasteiger partial charge in [-0.05, 0) is 55.4 Å². The van der Waals surface area contributed by atoms with Crippen LogP contribution >= 0.6 is 0 Å². The Morgan fingerprint density at radius 1 is 1.00 bits per heavy atom. The van der Waals surface area contributed by atoms with Crippen molar-refractivity contribution in [2.75, 3.05) is 38.6 Å². The van der Waals surface area contributed by atoms with Gasteiger partial charge in [-0.25, -0.2) is 0 Å². The first-order valence-corrected chi connectivity index (χ1v) is 12.4. The van der Waals surface area contributed by atoms with Gasteiger partial charge in [0, 0.05) is 38.9 Å². The number of hydrogen-bond donors (Lipinski definition) is 2. The fourth-order valence-corrected chi connectivity index (χ4v) is 5.22. The first-order valence-electron chi connectivity index (χ1n) is 12.4. The van der Waals surface area contributed by atoms with Crippen molar-refractivity contribution >= 4 is 17.5 Å². The number of anilines is 1. The monoisotopic (exact) mass is 502 g/mol. The number of nitrogens with zero attached hydrogens (tertiary/aromatic N) is 2. The summed E-state index contributed by atoms with van der Waals surface area (Å²) in [5, 5.41) is 5.38. The van der Waals surface area contributed by atoms with Crippen molar-refractivity contribution in [3.8, 4) is 0 Å². The van der Waals surface area contributed by atoms with Gasteiger partial charge in [0.05, 0.1) is 23.7 Å². The highest BCUT2D eigenvalue weighted by molar-refractivity contribution is 6.01. The molecule has 6 nitrogen and oxygen atoms in total. The van der Waals surface area contributed by atoms with Gasteiger partial charge in [-0.2, -0.15) is 13.2 Å². The zero-order valence-electron chi connectivity index (χ0n) is 20.6. The van der Waals surface area contributed by atoms with Crippen LogP contribution in [0.25, 0.3) is 0 Å². The number of alkyl halides is 3. The highest BCUT2D eigenvalue weighted by Gasteiger charge is 2.35. The SMILES string of the molecule is CN(C)c1ccc(C(F)(F)F)cc1C(=O)NCC(=O)NC1CN(C2CCC(c3ccccc3)CC2)C1. The van der Waals surface area contributed by atoms with Crippen LogP contribution in [0.1, 0.15) is 53.1 Å². The number of halogens is 3. The first-order chi connectivity index (χ1) is 17.1. The number of amides is 2. The third kappa shape index (κ3) is 6.19. The third-order valence-corrected chi connectivity index (χ3v) is 7.22. The molecule has 1 saturated carbocycles. The zero-order valence-corrected chi connectivity index (χ0v) is 20.6. The maximum atomic E-state index is 13.1. The van der Waals surface area contributed by atoms with Crippen molar-refractivity contribution < 1.29 is 22.8 Å². The molecule has 9 heteroatoms. The Kier molecular flexibility index (Phi) is 7.88. The van der Waals surface area contributed by atoms with Crippen LogP contribution in [0.4, 0.5) is 18.9 Å². The molecule has 0 atom stereocenters. The third-order valence-electron chi connectivity index (χ3n) is 7.22. The molecule has 0 bridgehead atoms. The standard InChI is InChI=1S/C27H33F3N4O2/c1-33(2)24-13-10-20(27(28,29)30)14-23(24)26(36)31-15-25(35)32-21-16-34(17-21)22-11-8-19(9-12-22)18-6-4-3-5-7-18/h3-7,10,13-14,19,21-22H,8-9,11-12,15-17H2,1-2H3,(H,31,36)(H,32,35). The van der Waals surface area contributed by atoms with Crippen LogP contribution in [-0.2, 0) is 11.0 Å². The molecule has 1 aliphatic heterocycles. The van der Waals surface area contributed by atoms with Gasteiger partial charge in [0.1, 0.15) is 0 Å². The van der Waals surface area contributed by atoms with Crippen molar-refractivity contribution in [1.82, 2.24) is 15.5 Å². The largest absolute Gasteiger partial charge is 0.416 e. The normalized spacial score (nSPS) is 20.9. The summed E-state index contributed by atoms with van der Waals surface area (Å²) in [5.41, 5.74) is 0.728. The van der Waals surface area contributed by atoms with Gasteiger partial charge >= 0.3 is 6.18 Å². The van der Waals surface area contributed by atoms with Crippen molar-refractivity contribution in [3.05, 3.63) is 65.2 Å². The lowest BCUT2D eigenvalue weighted by Crippen LogP contribution is -2.63. The van der Waals surface area contributed by atoms with E-state index in [2.05, 4.69) is 39.8 Å². The molecule has 1 aliphatic carbocycles. The van der Waals surface area contributed by atoms with E-state index in [4.69, 9.17) is 0 Å². The molecule has 2 N–H and O–H groups in total. The highest BCUT2D eigenvalue weighted by Crippen LogP contribution is 2.36. The molecule has 0 unspecified atom stereocenters. The van der Waals surface area contributed by atoms with Gasteiger partial charge in [0.15, 0.2) is 0 Å². The Labute approximate surface area is 209 Å². The molecule has 194 valence electrons. The maximum Gasteiger partial charge on any atom is 0.416 e. The Hall–Kier alpha value is -3.07. The minimum absolute atomic E-state index is 0.0205. The topological polar surface area (TPSA) is 64.7 Å². The summed E-state index contributed by atoms with van der Waals surface area (Å²) >= 11 is 0. The predicted octanol–water partition coefficient (Wildman–Crippen LogP) is 4.03. The van der Waals surface area contributed by atoms with Gasteiger partial charge in [-0.1, -0.05) is 30.3 Å². The van der Waals surface area contributed by atoms with Gasteiger partial charge in [-0.3, -0.25) is 14.5 Å². The molecule has 2 amide bonds. The summed E-state index contributed by atoms with van der Waals surface area (Å²) in [5.74, 6) is -0.447. The van der Waals surface area contributed by atoms with E-state index < -0.39 is 17.6 Å². The van der Waals surface area contributed by atoms with E-state index in [-0.39, 0.29) is 24.1 Å². The molecule has 2 fully saturated rings. The second-order valence-corrected chi connectivity index (χ2v) is 9.94. The lowest BCUT2D eigenvalue weighted by Gasteiger charge is -2.46. The van der Waals surface area contributed by atoms with Crippen molar-refractivity contribution in [2.24, 2.45) is 0 Å². The number of nitrogens with one attached hydrogen (secondary N) is 2. The smallest absolute Gasteiger partial charge is 0.377 e. The minimum Gasteiger partial charge on any atom is -0.377 e. The summed E-state index contributed by atoms with van der Waals surface area (Å²) < 4.78 is 39.3. The number of carbonyl (C=O) groups excluding carboxylic acids is 2. The van der Waals surface area contributed by atoms with Crippen LogP contribution in [0.3, 0.4) is 0 Å². The molecule has 1 saturated heterocycles. The van der Waals surface area contributed by atoms with E-state index in [1.54, 1.807) is 19.0 Å². The molecule has 2 aromatic rings. The predicted molar refractivity (Wildman–Crippen MR) is 133 cm³/mol. The van der Waals surface area contributed by atoms with Gasteiger partial charge in [0.2, 0.25) is 5.91 Å². The summed E-state index contributed by atoms with van der Waals surface area (Å²) in [6.07, 6.45) is 0.0501. The Bertz CT molecular complexity index is 1060. The van der Waals surface area contributed by atoms with Crippen LogP contribution in [0.5, 0.6) is 0 Å². The number of rotatable bonds is 7. The second kappa shape index (κ2) is 10.9. The molecule has 0 radical (unpaired) electrons. The molecule has 2 aromatic carbocycles. The van der Waals surface area contributed by atoms with Crippen molar-refractivity contribution in [1.29, 1.82) is 0 Å². The van der Waals surface area contributed by atoms with E-state index >= 15 is 0 Å². The van der Waals surface area contributed by atoms with E-state index in [1.165, 1.54) is 24.5 Å². The van der Waals surface area contributed by atoms with E-state index in [0.717, 1.165) is 38.1 Å². The Balaban J connectivity index is 1.21. The van der Waals surface area contributed by atoms with Gasteiger partial charge in [-0.15, -0.1) is 0 Å². The molecule has 0 spiro atoms. The summed E-state index contributed by atoms with van der Waals surface area (Å²) in [7, 11) is 3.28. The molecule has 2 aliphatic rings. The average Bonchev–Trinajstić information content (AvgIpc) is 2.84. The van der Waals surface area contributed by atoms with Crippen LogP contribution in [0.2, 0.25) is 0 Å². The van der Waals surface area contributed by atoms with Crippen molar-refractivity contribution in [3.63, 3.8) is 0 Å². The van der Waals surface area contributed by atoms with Crippen LogP contribution in [-0.4, -0.2) is 62.5 Å². The average molecular weight is 503 g/mol. The molecule has 36 heavy (non-hydrogen) atoms. The molecule has 0 aromatic heterocycles. The lowest BCUT2D eigenvalue weighted by molar-refractivity contribution is -0.137. The minimum atomic E-state index is -4.56. The molecule has 4 rings (SSSR count). The van der Waals surface area contributed by atoms with Crippen molar-refractivity contribution in [2.45, 2.75) is 49.9 Å². The van der Waals surface area contributed by atoms with E-state index in [1.807, 2.05) is 6.07 Å². The zero-order chi connectivity index (χ0) is 25.9. The van der Waals surface area contributed by atoms with Gasteiger partial charge in [0.25, 0.3) is 5.91 Å². The fourth-order valence-electron chi connectivity index (χ4n) is 5.22. The van der Waals surface area contributed by atoms with Crippen LogP contribution < -0.4 is 15.5 Å². The van der Waals surface area contributed by atoms with E-state index in [9.17, 15) is 22.8 Å². The molecular formula is C27H33F3N4O2. The summed E-state index contributed by atoms with van der Waals surface area (Å²) in [4.78, 5) is 29.0. The highest BCUT2D eigenvalue weighted by atomic mass is 19.4.